The Morgan fingerprint density at radius 2 is 1.88 bits per heavy atom. The number of hydrogen-bond acceptors (Lipinski definition) is 3. The third kappa shape index (κ3) is 1.82. The zero-order valence-electron chi connectivity index (χ0n) is 9.98. The fraction of sp³-hybridized carbons (Fsp3) is 0.231. The van der Waals surface area contributed by atoms with E-state index in [1.165, 1.54) is 11.7 Å². The van der Waals surface area contributed by atoms with Crippen molar-refractivity contribution in [1.82, 2.24) is 4.73 Å². The van der Waals surface area contributed by atoms with Crippen LogP contribution in [0.5, 0.6) is 0 Å². The zero-order chi connectivity index (χ0) is 12.6. The van der Waals surface area contributed by atoms with Crippen LogP contribution in [0.2, 0.25) is 0 Å². The molecule has 88 valence electrons. The molecule has 0 fully saturated rings. The molecule has 2 aromatic rings. The van der Waals surface area contributed by atoms with Gasteiger partial charge in [0, 0.05) is 17.9 Å². The summed E-state index contributed by atoms with van der Waals surface area (Å²) in [5.74, 6) is -0.415. The van der Waals surface area contributed by atoms with Crippen molar-refractivity contribution in [2.75, 3.05) is 0 Å². The normalized spacial score (nSPS) is 10.5. The van der Waals surface area contributed by atoms with Crippen molar-refractivity contribution in [2.45, 2.75) is 20.8 Å². The molecule has 2 rings (SSSR count). The van der Waals surface area contributed by atoms with E-state index < -0.39 is 5.97 Å². The maximum absolute atomic E-state index is 12.0. The summed E-state index contributed by atoms with van der Waals surface area (Å²) in [4.78, 5) is 28.3. The number of fused-ring (bicyclic) bond motifs is 1. The SMILES string of the molecule is CC(=O)On1c(C)c(C)c(=O)c2ccccc21. The van der Waals surface area contributed by atoms with Crippen molar-refractivity contribution in [2.24, 2.45) is 0 Å². The van der Waals surface area contributed by atoms with E-state index in [0.29, 0.717) is 22.2 Å². The summed E-state index contributed by atoms with van der Waals surface area (Å²) in [6, 6.07) is 7.07. The number of benzene rings is 1. The lowest BCUT2D eigenvalue weighted by atomic mass is 10.1. The Hall–Kier alpha value is -2.10. The van der Waals surface area contributed by atoms with E-state index in [1.54, 1.807) is 38.1 Å². The maximum atomic E-state index is 12.0. The first-order valence-corrected chi connectivity index (χ1v) is 5.32. The highest BCUT2D eigenvalue weighted by Crippen LogP contribution is 2.13. The monoisotopic (exact) mass is 231 g/mol. The minimum Gasteiger partial charge on any atom is -0.337 e. The summed E-state index contributed by atoms with van der Waals surface area (Å²) < 4.78 is 1.41. The summed E-state index contributed by atoms with van der Waals surface area (Å²) in [5.41, 5.74) is 1.81. The molecule has 17 heavy (non-hydrogen) atoms. The first-order chi connectivity index (χ1) is 8.02. The minimum atomic E-state index is -0.415. The first kappa shape index (κ1) is 11.4. The fourth-order valence-electron chi connectivity index (χ4n) is 1.79. The first-order valence-electron chi connectivity index (χ1n) is 5.32. The van der Waals surface area contributed by atoms with Crippen molar-refractivity contribution >= 4 is 16.9 Å². The number of pyridine rings is 1. The second-order valence-electron chi connectivity index (χ2n) is 3.93. The molecule has 0 spiro atoms. The van der Waals surface area contributed by atoms with E-state index >= 15 is 0 Å². The summed E-state index contributed by atoms with van der Waals surface area (Å²) in [6.07, 6.45) is 0. The molecule has 0 atom stereocenters. The predicted octanol–water partition coefficient (Wildman–Crippen LogP) is 1.59. The molecule has 0 N–H and O–H groups in total. The van der Waals surface area contributed by atoms with Crippen LogP contribution in [0.15, 0.2) is 29.1 Å². The average Bonchev–Trinajstić information content (AvgIpc) is 2.31. The number of nitrogens with zero attached hydrogens (tertiary/aromatic N) is 1. The number of carbonyl (C=O) groups is 1. The van der Waals surface area contributed by atoms with Crippen LogP contribution in [0.3, 0.4) is 0 Å². The number of hydrogen-bond donors (Lipinski definition) is 0. The van der Waals surface area contributed by atoms with Gasteiger partial charge in [-0.1, -0.05) is 12.1 Å². The molecule has 0 saturated heterocycles. The van der Waals surface area contributed by atoms with Gasteiger partial charge >= 0.3 is 5.97 Å². The third-order valence-corrected chi connectivity index (χ3v) is 2.78. The largest absolute Gasteiger partial charge is 0.337 e. The van der Waals surface area contributed by atoms with Crippen LogP contribution < -0.4 is 10.3 Å². The molecular weight excluding hydrogens is 218 g/mol. The molecule has 1 aromatic heterocycles. The van der Waals surface area contributed by atoms with Gasteiger partial charge < -0.3 is 4.84 Å². The number of para-hydroxylation sites is 1. The maximum Gasteiger partial charge on any atom is 0.329 e. The van der Waals surface area contributed by atoms with Crippen molar-refractivity contribution in [3.8, 4) is 0 Å². The second-order valence-corrected chi connectivity index (χ2v) is 3.93. The van der Waals surface area contributed by atoms with E-state index in [0.717, 1.165) is 0 Å². The Kier molecular flexibility index (Phi) is 2.71. The van der Waals surface area contributed by atoms with Crippen molar-refractivity contribution in [3.05, 3.63) is 45.7 Å². The topological polar surface area (TPSA) is 48.3 Å². The van der Waals surface area contributed by atoms with E-state index in [4.69, 9.17) is 4.84 Å². The van der Waals surface area contributed by atoms with E-state index in [2.05, 4.69) is 0 Å². The number of carbonyl (C=O) groups excluding carboxylic acids is 1. The third-order valence-electron chi connectivity index (χ3n) is 2.78. The molecule has 0 saturated carbocycles. The van der Waals surface area contributed by atoms with Crippen LogP contribution >= 0.6 is 0 Å². The second kappa shape index (κ2) is 4.05. The van der Waals surface area contributed by atoms with Crippen LogP contribution in [0, 0.1) is 13.8 Å². The van der Waals surface area contributed by atoms with Gasteiger partial charge in [0.2, 0.25) is 0 Å². The zero-order valence-corrected chi connectivity index (χ0v) is 9.98. The van der Waals surface area contributed by atoms with Gasteiger partial charge in [0.25, 0.3) is 0 Å². The molecule has 0 unspecified atom stereocenters. The molecule has 0 bridgehead atoms. The predicted molar refractivity (Wildman–Crippen MR) is 64.9 cm³/mol. The summed E-state index contributed by atoms with van der Waals surface area (Å²) in [7, 11) is 0. The Morgan fingerprint density at radius 3 is 2.53 bits per heavy atom. The highest BCUT2D eigenvalue weighted by molar-refractivity contribution is 5.80. The van der Waals surface area contributed by atoms with Gasteiger partial charge in [0.1, 0.15) is 0 Å². The molecular formula is C13H13NO3. The van der Waals surface area contributed by atoms with E-state index in [9.17, 15) is 9.59 Å². The highest BCUT2D eigenvalue weighted by atomic mass is 16.7. The quantitative estimate of drug-likeness (QED) is 0.748. The summed E-state index contributed by atoms with van der Waals surface area (Å²) in [6.45, 7) is 4.82. The molecule has 0 amide bonds. The lowest BCUT2D eigenvalue weighted by Crippen LogP contribution is -2.24. The van der Waals surface area contributed by atoms with Gasteiger partial charge in [0.05, 0.1) is 11.2 Å². The van der Waals surface area contributed by atoms with E-state index in [1.807, 2.05) is 0 Å². The summed E-state index contributed by atoms with van der Waals surface area (Å²) >= 11 is 0. The number of aromatic nitrogens is 1. The molecule has 0 radical (unpaired) electrons. The molecule has 1 heterocycles. The lowest BCUT2D eigenvalue weighted by Gasteiger charge is -2.14. The Bertz CT molecular complexity index is 655. The fourth-order valence-corrected chi connectivity index (χ4v) is 1.79. The highest BCUT2D eigenvalue weighted by Gasteiger charge is 2.12. The molecule has 4 nitrogen and oxygen atoms in total. The van der Waals surface area contributed by atoms with Gasteiger partial charge in [-0.2, -0.15) is 4.73 Å². The van der Waals surface area contributed by atoms with Crippen LogP contribution in [-0.4, -0.2) is 10.7 Å². The molecule has 4 heteroatoms. The summed E-state index contributed by atoms with van der Waals surface area (Å²) in [5, 5.41) is 0.553. The van der Waals surface area contributed by atoms with Gasteiger partial charge in [-0.15, -0.1) is 0 Å². The number of rotatable bonds is 1. The average molecular weight is 231 g/mol. The van der Waals surface area contributed by atoms with Crippen LogP contribution in [-0.2, 0) is 4.79 Å². The van der Waals surface area contributed by atoms with E-state index in [-0.39, 0.29) is 5.43 Å². The molecule has 0 aliphatic rings. The molecule has 0 aliphatic heterocycles. The Balaban J connectivity index is 2.90. The minimum absolute atomic E-state index is 0.0264. The van der Waals surface area contributed by atoms with Crippen LogP contribution in [0.4, 0.5) is 0 Å². The standard InChI is InChI=1S/C13H13NO3/c1-8-9(2)14(17-10(3)15)12-7-5-4-6-11(12)13(8)16/h4-7H,1-3H3. The van der Waals surface area contributed by atoms with Crippen molar-refractivity contribution in [3.63, 3.8) is 0 Å². The molecule has 0 aliphatic carbocycles. The Labute approximate surface area is 98.4 Å². The van der Waals surface area contributed by atoms with Crippen molar-refractivity contribution in [1.29, 1.82) is 0 Å². The van der Waals surface area contributed by atoms with Crippen LogP contribution in [0.25, 0.3) is 10.9 Å². The Morgan fingerprint density at radius 1 is 1.24 bits per heavy atom. The lowest BCUT2D eigenvalue weighted by molar-refractivity contribution is -0.141. The van der Waals surface area contributed by atoms with Crippen LogP contribution in [0.1, 0.15) is 18.2 Å². The smallest absolute Gasteiger partial charge is 0.329 e. The van der Waals surface area contributed by atoms with Gasteiger partial charge in [0.15, 0.2) is 5.43 Å². The van der Waals surface area contributed by atoms with Gasteiger partial charge in [-0.25, -0.2) is 4.79 Å². The molecule has 1 aromatic carbocycles. The van der Waals surface area contributed by atoms with Gasteiger partial charge in [-0.3, -0.25) is 4.79 Å². The van der Waals surface area contributed by atoms with Gasteiger partial charge in [-0.05, 0) is 26.0 Å². The van der Waals surface area contributed by atoms with Crippen molar-refractivity contribution < 1.29 is 9.63 Å².